The molecular weight excluding hydrogens is 757 g/mol. The molecule has 0 radical (unpaired) electrons. The van der Waals surface area contributed by atoms with Gasteiger partial charge in [0, 0.05) is 60.3 Å². The minimum Gasteiger partial charge on any atom is -0.308 e. The van der Waals surface area contributed by atoms with E-state index in [1.807, 2.05) is 18.2 Å². The normalized spacial score (nSPS) is 11.9. The van der Waals surface area contributed by atoms with E-state index in [1.165, 1.54) is 38.1 Å². The van der Waals surface area contributed by atoms with Crippen LogP contribution in [0.4, 0.5) is 0 Å². The van der Waals surface area contributed by atoms with Gasteiger partial charge >= 0.3 is 0 Å². The Bertz CT molecular complexity index is 3770. The van der Waals surface area contributed by atoms with Crippen molar-refractivity contribution in [2.45, 2.75) is 0 Å². The first-order chi connectivity index (χ1) is 30.7. The molecule has 0 aliphatic heterocycles. The average molecular weight is 791 g/mol. The molecule has 5 aromatic heterocycles. The van der Waals surface area contributed by atoms with Crippen molar-refractivity contribution >= 4 is 54.4 Å². The number of aromatic nitrogens is 6. The Kier molecular flexibility index (Phi) is 7.50. The second-order valence-electron chi connectivity index (χ2n) is 15.9. The van der Waals surface area contributed by atoms with Crippen molar-refractivity contribution < 1.29 is 0 Å². The number of fused-ring (bicyclic) bond motifs is 9. The molecule has 13 aromatic rings. The van der Waals surface area contributed by atoms with Crippen LogP contribution in [0, 0.1) is 0 Å². The fourth-order valence-corrected chi connectivity index (χ4v) is 9.52. The number of hydrogen-bond donors (Lipinski definition) is 0. The number of benzene rings is 8. The molecule has 8 aromatic carbocycles. The van der Waals surface area contributed by atoms with Crippen molar-refractivity contribution in [1.29, 1.82) is 0 Å². The van der Waals surface area contributed by atoms with Crippen LogP contribution in [-0.4, -0.2) is 29.0 Å². The van der Waals surface area contributed by atoms with E-state index < -0.39 is 0 Å². The van der Waals surface area contributed by atoms with Gasteiger partial charge in [-0.15, -0.1) is 0 Å². The zero-order chi connectivity index (χ0) is 40.7. The monoisotopic (exact) mass is 790 g/mol. The highest BCUT2D eigenvalue weighted by molar-refractivity contribution is 6.24. The SMILES string of the molecule is c1ccc(-c2nc(-c3cccc(-c4cc5ccccc5c5c(-c6ccccc6)c(-c6ccccc6)nn45)c3)nc(-c3cc4c5ccccc5n5c6ccccc6c(c3)c45)n2)cc1. The lowest BCUT2D eigenvalue weighted by atomic mass is 9.97. The maximum atomic E-state index is 5.45. The van der Waals surface area contributed by atoms with E-state index in [4.69, 9.17) is 20.1 Å². The Morgan fingerprint density at radius 2 is 0.823 bits per heavy atom. The van der Waals surface area contributed by atoms with Gasteiger partial charge < -0.3 is 4.40 Å². The summed E-state index contributed by atoms with van der Waals surface area (Å²) in [4.78, 5) is 15.7. The zero-order valence-electron chi connectivity index (χ0n) is 33.3. The van der Waals surface area contributed by atoms with Gasteiger partial charge in [-0.05, 0) is 47.3 Å². The summed E-state index contributed by atoms with van der Waals surface area (Å²) >= 11 is 0. The molecule has 0 saturated heterocycles. The van der Waals surface area contributed by atoms with E-state index in [0.717, 1.165) is 66.6 Å². The van der Waals surface area contributed by atoms with Gasteiger partial charge in [0.05, 0.1) is 27.8 Å². The number of hydrogen-bond acceptors (Lipinski definition) is 4. The molecule has 0 aliphatic carbocycles. The Morgan fingerprint density at radius 1 is 0.323 bits per heavy atom. The summed E-state index contributed by atoms with van der Waals surface area (Å²) in [6.45, 7) is 0. The highest BCUT2D eigenvalue weighted by Gasteiger charge is 2.23. The molecule has 0 atom stereocenters. The molecule has 288 valence electrons. The van der Waals surface area contributed by atoms with Crippen molar-refractivity contribution in [2.24, 2.45) is 0 Å². The quantitative estimate of drug-likeness (QED) is 0.168. The first-order valence-corrected chi connectivity index (χ1v) is 20.9. The third kappa shape index (κ3) is 5.23. The Labute approximate surface area is 356 Å². The second kappa shape index (κ2) is 13.5. The lowest BCUT2D eigenvalue weighted by molar-refractivity contribution is 0.979. The van der Waals surface area contributed by atoms with E-state index in [-0.39, 0.29) is 0 Å². The first-order valence-electron chi connectivity index (χ1n) is 20.9. The molecular formula is C56H34N6. The average Bonchev–Trinajstić information content (AvgIpc) is 4.03. The third-order valence-electron chi connectivity index (χ3n) is 12.3. The van der Waals surface area contributed by atoms with Gasteiger partial charge in [0.25, 0.3) is 0 Å². The standard InChI is InChI=1S/C56H34N6/c1-4-17-35(18-5-1)50-51(36-19-6-2-7-20-36)60-62-49(34-38-23-10-11-26-42(38)53(50)62)39-24-16-25-40(31-39)55-57-54(37-21-8-3-9-22-37)58-56(59-55)41-32-45-43-27-12-14-29-47(43)61-48-30-15-13-28-44(48)46(33-41)52(45)61/h1-34H. The smallest absolute Gasteiger partial charge is 0.164 e. The van der Waals surface area contributed by atoms with E-state index in [9.17, 15) is 0 Å². The Balaban J connectivity index is 1.04. The molecule has 0 fully saturated rings. The van der Waals surface area contributed by atoms with Gasteiger partial charge in [-0.25, -0.2) is 19.5 Å². The molecule has 0 N–H and O–H groups in total. The molecule has 0 aliphatic rings. The van der Waals surface area contributed by atoms with Crippen LogP contribution in [0.1, 0.15) is 0 Å². The number of nitrogens with zero attached hydrogens (tertiary/aromatic N) is 6. The molecule has 0 bridgehead atoms. The van der Waals surface area contributed by atoms with Gasteiger partial charge in [0.2, 0.25) is 0 Å². The summed E-state index contributed by atoms with van der Waals surface area (Å²) in [5, 5.41) is 12.5. The molecule has 62 heavy (non-hydrogen) atoms. The molecule has 0 unspecified atom stereocenters. The van der Waals surface area contributed by atoms with Gasteiger partial charge in [-0.1, -0.05) is 170 Å². The van der Waals surface area contributed by atoms with Gasteiger partial charge in [-0.3, -0.25) is 0 Å². The number of para-hydroxylation sites is 2. The van der Waals surface area contributed by atoms with Crippen molar-refractivity contribution in [3.63, 3.8) is 0 Å². The second-order valence-corrected chi connectivity index (χ2v) is 15.9. The fraction of sp³-hybridized carbons (Fsp3) is 0. The molecule has 0 saturated carbocycles. The first kappa shape index (κ1) is 34.4. The van der Waals surface area contributed by atoms with Gasteiger partial charge in [0.15, 0.2) is 17.5 Å². The summed E-state index contributed by atoms with van der Waals surface area (Å²) in [6, 6.07) is 72.5. The van der Waals surface area contributed by atoms with Crippen LogP contribution in [0.25, 0.3) is 122 Å². The summed E-state index contributed by atoms with van der Waals surface area (Å²) in [5.74, 6) is 1.84. The molecule has 13 rings (SSSR count). The predicted octanol–water partition coefficient (Wildman–Crippen LogP) is 13.8. The van der Waals surface area contributed by atoms with Crippen molar-refractivity contribution in [3.8, 4) is 67.8 Å². The Morgan fingerprint density at radius 3 is 1.48 bits per heavy atom. The predicted molar refractivity (Wildman–Crippen MR) is 253 cm³/mol. The van der Waals surface area contributed by atoms with Crippen molar-refractivity contribution in [2.75, 3.05) is 0 Å². The highest BCUT2D eigenvalue weighted by atomic mass is 15.2. The lowest BCUT2D eigenvalue weighted by Crippen LogP contribution is -2.01. The summed E-state index contributed by atoms with van der Waals surface area (Å²) in [7, 11) is 0. The van der Waals surface area contributed by atoms with Gasteiger partial charge in [-0.2, -0.15) is 5.10 Å². The summed E-state index contributed by atoms with van der Waals surface area (Å²) < 4.78 is 4.53. The fourth-order valence-electron chi connectivity index (χ4n) is 9.52. The largest absolute Gasteiger partial charge is 0.308 e. The minimum atomic E-state index is 0.600. The van der Waals surface area contributed by atoms with Crippen LogP contribution in [0.2, 0.25) is 0 Å². The maximum Gasteiger partial charge on any atom is 0.164 e. The third-order valence-corrected chi connectivity index (χ3v) is 12.3. The van der Waals surface area contributed by atoms with Crippen LogP contribution in [0.3, 0.4) is 0 Å². The zero-order valence-corrected chi connectivity index (χ0v) is 33.3. The van der Waals surface area contributed by atoms with Crippen LogP contribution in [-0.2, 0) is 0 Å². The van der Waals surface area contributed by atoms with Crippen LogP contribution >= 0.6 is 0 Å². The van der Waals surface area contributed by atoms with E-state index in [0.29, 0.717) is 17.5 Å². The van der Waals surface area contributed by atoms with Crippen LogP contribution in [0.5, 0.6) is 0 Å². The summed E-state index contributed by atoms with van der Waals surface area (Å²) in [6.07, 6.45) is 0. The number of rotatable bonds is 6. The highest BCUT2D eigenvalue weighted by Crippen LogP contribution is 2.43. The van der Waals surface area contributed by atoms with Gasteiger partial charge in [0.1, 0.15) is 5.69 Å². The van der Waals surface area contributed by atoms with Crippen molar-refractivity contribution in [3.05, 3.63) is 206 Å². The molecule has 0 spiro atoms. The molecule has 6 nitrogen and oxygen atoms in total. The molecule has 5 heterocycles. The maximum absolute atomic E-state index is 5.45. The molecule has 0 amide bonds. The molecule has 6 heteroatoms. The summed E-state index contributed by atoms with van der Waals surface area (Å²) in [5.41, 5.74) is 13.6. The minimum absolute atomic E-state index is 0.600. The van der Waals surface area contributed by atoms with E-state index >= 15 is 0 Å². The van der Waals surface area contributed by atoms with Crippen molar-refractivity contribution in [1.82, 2.24) is 29.0 Å². The van der Waals surface area contributed by atoms with Crippen LogP contribution in [0.15, 0.2) is 206 Å². The van der Waals surface area contributed by atoms with E-state index in [2.05, 4.69) is 197 Å². The Hall–Kier alpha value is -8.48. The van der Waals surface area contributed by atoms with E-state index in [1.54, 1.807) is 0 Å². The van der Waals surface area contributed by atoms with Crippen LogP contribution < -0.4 is 0 Å². The lowest BCUT2D eigenvalue weighted by Gasteiger charge is -2.12. The number of pyridine rings is 1. The topological polar surface area (TPSA) is 60.4 Å².